The molecule has 0 aliphatic carbocycles. The first-order valence-electron chi connectivity index (χ1n) is 6.50. The van der Waals surface area contributed by atoms with Crippen LogP contribution in [-0.4, -0.2) is 13.1 Å². The van der Waals surface area contributed by atoms with Crippen LogP contribution in [0.3, 0.4) is 0 Å². The van der Waals surface area contributed by atoms with Crippen LogP contribution in [0.15, 0.2) is 35.7 Å². The van der Waals surface area contributed by atoms with E-state index in [-0.39, 0.29) is 5.97 Å². The highest BCUT2D eigenvalue weighted by atomic mass is 32.1. The minimum absolute atomic E-state index is 0.362. The van der Waals surface area contributed by atoms with Crippen molar-refractivity contribution in [1.82, 2.24) is 5.32 Å². The van der Waals surface area contributed by atoms with Gasteiger partial charge in [0.05, 0.1) is 18.7 Å². The molecule has 0 amide bonds. The van der Waals surface area contributed by atoms with Crippen molar-refractivity contribution in [2.45, 2.75) is 19.5 Å². The van der Waals surface area contributed by atoms with E-state index in [1.807, 2.05) is 24.4 Å². The van der Waals surface area contributed by atoms with E-state index in [0.717, 1.165) is 5.56 Å². The lowest BCUT2D eigenvalue weighted by Gasteiger charge is -2.17. The van der Waals surface area contributed by atoms with Crippen molar-refractivity contribution in [1.29, 1.82) is 5.26 Å². The number of benzene rings is 1. The normalized spacial score (nSPS) is 11.7. The SMILES string of the molecule is COC(=O)[C@@H](NCc1sccc1C)c1cccc(C#N)c1. The summed E-state index contributed by atoms with van der Waals surface area (Å²) in [6.07, 6.45) is 0. The third kappa shape index (κ3) is 3.69. The summed E-state index contributed by atoms with van der Waals surface area (Å²) in [7, 11) is 1.36. The lowest BCUT2D eigenvalue weighted by molar-refractivity contribution is -0.143. The van der Waals surface area contributed by atoms with Gasteiger partial charge in [0, 0.05) is 11.4 Å². The number of esters is 1. The molecule has 0 aliphatic heterocycles. The van der Waals surface area contributed by atoms with E-state index in [4.69, 9.17) is 10.00 Å². The zero-order valence-electron chi connectivity index (χ0n) is 11.9. The van der Waals surface area contributed by atoms with Crippen molar-refractivity contribution >= 4 is 17.3 Å². The molecule has 1 atom stereocenters. The minimum atomic E-state index is -0.579. The van der Waals surface area contributed by atoms with Gasteiger partial charge < -0.3 is 4.74 Å². The Morgan fingerprint density at radius 2 is 2.29 bits per heavy atom. The highest BCUT2D eigenvalue weighted by Crippen LogP contribution is 2.20. The molecule has 2 rings (SSSR count). The van der Waals surface area contributed by atoms with Crippen LogP contribution in [-0.2, 0) is 16.1 Å². The topological polar surface area (TPSA) is 62.1 Å². The molecule has 108 valence electrons. The fourth-order valence-corrected chi connectivity index (χ4v) is 2.88. The van der Waals surface area contributed by atoms with Gasteiger partial charge in [-0.3, -0.25) is 5.32 Å². The number of rotatable bonds is 5. The largest absolute Gasteiger partial charge is 0.468 e. The van der Waals surface area contributed by atoms with Gasteiger partial charge in [-0.2, -0.15) is 5.26 Å². The number of nitrogens with zero attached hydrogens (tertiary/aromatic N) is 1. The van der Waals surface area contributed by atoms with Crippen LogP contribution in [0.1, 0.15) is 27.6 Å². The number of hydrogen-bond donors (Lipinski definition) is 1. The first-order valence-corrected chi connectivity index (χ1v) is 7.38. The highest BCUT2D eigenvalue weighted by molar-refractivity contribution is 7.10. The van der Waals surface area contributed by atoms with E-state index in [0.29, 0.717) is 12.1 Å². The molecule has 0 aliphatic rings. The lowest BCUT2D eigenvalue weighted by atomic mass is 10.0. The van der Waals surface area contributed by atoms with Gasteiger partial charge in [-0.25, -0.2) is 4.79 Å². The number of carbonyl (C=O) groups is 1. The molecule has 0 saturated carbocycles. The summed E-state index contributed by atoms with van der Waals surface area (Å²) in [5.41, 5.74) is 2.45. The Hall–Kier alpha value is -2.16. The van der Waals surface area contributed by atoms with Gasteiger partial charge in [-0.1, -0.05) is 12.1 Å². The van der Waals surface area contributed by atoms with Crippen LogP contribution in [0, 0.1) is 18.3 Å². The quantitative estimate of drug-likeness (QED) is 0.862. The molecule has 0 spiro atoms. The maximum absolute atomic E-state index is 12.0. The molecule has 1 heterocycles. The van der Waals surface area contributed by atoms with Crippen molar-refractivity contribution in [2.75, 3.05) is 7.11 Å². The second kappa shape index (κ2) is 7.02. The van der Waals surface area contributed by atoms with Gasteiger partial charge in [0.15, 0.2) is 0 Å². The zero-order chi connectivity index (χ0) is 15.2. The molecule has 0 bridgehead atoms. The van der Waals surface area contributed by atoms with Crippen molar-refractivity contribution in [3.8, 4) is 6.07 Å². The van der Waals surface area contributed by atoms with Gasteiger partial charge in [-0.15, -0.1) is 11.3 Å². The monoisotopic (exact) mass is 300 g/mol. The standard InChI is InChI=1S/C16H16N2O2S/c1-11-6-7-21-14(11)10-18-15(16(19)20-2)13-5-3-4-12(8-13)9-17/h3-8,15,18H,10H2,1-2H3/t15-/m0/s1. The van der Waals surface area contributed by atoms with E-state index < -0.39 is 6.04 Å². The number of nitrogens with one attached hydrogen (secondary N) is 1. The Balaban J connectivity index is 2.20. The summed E-state index contributed by atoms with van der Waals surface area (Å²) in [5.74, 6) is -0.362. The maximum atomic E-state index is 12.0. The van der Waals surface area contributed by atoms with Crippen LogP contribution < -0.4 is 5.32 Å². The van der Waals surface area contributed by atoms with Crippen LogP contribution in [0.2, 0.25) is 0 Å². The first-order chi connectivity index (χ1) is 10.2. The fraction of sp³-hybridized carbons (Fsp3) is 0.250. The van der Waals surface area contributed by atoms with E-state index in [9.17, 15) is 4.79 Å². The van der Waals surface area contributed by atoms with Gasteiger partial charge in [-0.05, 0) is 41.6 Å². The highest BCUT2D eigenvalue weighted by Gasteiger charge is 2.21. The molecule has 0 radical (unpaired) electrons. The fourth-order valence-electron chi connectivity index (χ4n) is 2.02. The van der Waals surface area contributed by atoms with Crippen LogP contribution in [0.4, 0.5) is 0 Å². The van der Waals surface area contributed by atoms with Gasteiger partial charge in [0.2, 0.25) is 0 Å². The lowest BCUT2D eigenvalue weighted by Crippen LogP contribution is -2.29. The van der Waals surface area contributed by atoms with E-state index in [1.165, 1.54) is 17.6 Å². The second-order valence-electron chi connectivity index (χ2n) is 4.60. The Labute approximate surface area is 128 Å². The molecule has 21 heavy (non-hydrogen) atoms. The second-order valence-corrected chi connectivity index (χ2v) is 5.60. The smallest absolute Gasteiger partial charge is 0.327 e. The number of hydrogen-bond acceptors (Lipinski definition) is 5. The predicted molar refractivity (Wildman–Crippen MR) is 81.8 cm³/mol. The minimum Gasteiger partial charge on any atom is -0.468 e. The molecule has 1 N–H and O–H groups in total. The summed E-state index contributed by atoms with van der Waals surface area (Å²) >= 11 is 1.65. The average Bonchev–Trinajstić information content (AvgIpc) is 2.92. The number of aryl methyl sites for hydroxylation is 1. The molecule has 2 aromatic rings. The summed E-state index contributed by atoms with van der Waals surface area (Å²) in [4.78, 5) is 13.2. The van der Waals surface area contributed by atoms with Gasteiger partial charge >= 0.3 is 5.97 Å². The summed E-state index contributed by atoms with van der Waals surface area (Å²) in [5, 5.41) is 14.2. The zero-order valence-corrected chi connectivity index (χ0v) is 12.7. The molecule has 0 unspecified atom stereocenters. The van der Waals surface area contributed by atoms with Crippen LogP contribution in [0.25, 0.3) is 0 Å². The molecule has 0 saturated heterocycles. The summed E-state index contributed by atoms with van der Waals surface area (Å²) in [6, 6.07) is 10.5. The molecular formula is C16H16N2O2S. The third-order valence-corrected chi connectivity index (χ3v) is 4.24. The first kappa shape index (κ1) is 15.2. The molecule has 4 nitrogen and oxygen atoms in total. The number of nitriles is 1. The number of methoxy groups -OCH3 is 1. The van der Waals surface area contributed by atoms with Gasteiger partial charge in [0.25, 0.3) is 0 Å². The maximum Gasteiger partial charge on any atom is 0.327 e. The predicted octanol–water partition coefficient (Wildman–Crippen LogP) is 2.93. The number of thiophene rings is 1. The van der Waals surface area contributed by atoms with Crippen LogP contribution >= 0.6 is 11.3 Å². The Morgan fingerprint density at radius 1 is 1.48 bits per heavy atom. The van der Waals surface area contributed by atoms with Crippen LogP contribution in [0.5, 0.6) is 0 Å². The van der Waals surface area contributed by atoms with E-state index in [1.54, 1.807) is 29.5 Å². The Kier molecular flexibility index (Phi) is 5.09. The third-order valence-electron chi connectivity index (χ3n) is 3.22. The molecule has 1 aromatic heterocycles. The molecule has 1 aromatic carbocycles. The number of ether oxygens (including phenoxy) is 1. The van der Waals surface area contributed by atoms with Crippen molar-refractivity contribution in [3.63, 3.8) is 0 Å². The summed E-state index contributed by atoms with van der Waals surface area (Å²) in [6.45, 7) is 2.62. The Bertz CT molecular complexity index is 673. The van der Waals surface area contributed by atoms with Crippen molar-refractivity contribution in [3.05, 3.63) is 57.3 Å². The summed E-state index contributed by atoms with van der Waals surface area (Å²) < 4.78 is 4.86. The van der Waals surface area contributed by atoms with E-state index in [2.05, 4.69) is 11.4 Å². The number of carbonyl (C=O) groups excluding carboxylic acids is 1. The Morgan fingerprint density at radius 3 is 2.90 bits per heavy atom. The van der Waals surface area contributed by atoms with Gasteiger partial charge in [0.1, 0.15) is 6.04 Å². The van der Waals surface area contributed by atoms with Crippen molar-refractivity contribution < 1.29 is 9.53 Å². The van der Waals surface area contributed by atoms with E-state index >= 15 is 0 Å². The van der Waals surface area contributed by atoms with Crippen molar-refractivity contribution in [2.24, 2.45) is 0 Å². The average molecular weight is 300 g/mol. The molecule has 0 fully saturated rings. The molecule has 5 heteroatoms. The molecular weight excluding hydrogens is 284 g/mol.